The van der Waals surface area contributed by atoms with E-state index in [0.29, 0.717) is 0 Å². The van der Waals surface area contributed by atoms with Gasteiger partial charge >= 0.3 is 119 Å². The zero-order chi connectivity index (χ0) is 25.5. The molecule has 5 aromatic rings. The van der Waals surface area contributed by atoms with Crippen LogP contribution in [0.4, 0.5) is 0 Å². The molecule has 0 radical (unpaired) electrons. The van der Waals surface area contributed by atoms with Crippen LogP contribution in [0.25, 0.3) is 12.2 Å². The SMILES string of the molecule is O=C(C=Cc1ccccc1)C=Cc1ccccc1.c1ccc([As](c2ccccc2)c2ccccc2)cc1. The Morgan fingerprint density at radius 2 is 0.676 bits per heavy atom. The zero-order valence-electron chi connectivity index (χ0n) is 20.6. The van der Waals surface area contributed by atoms with Crippen LogP contribution in [0.1, 0.15) is 11.1 Å². The first kappa shape index (κ1) is 25.9. The molecule has 0 unspecified atom stereocenters. The molecule has 0 aliphatic heterocycles. The molecule has 0 aliphatic rings. The van der Waals surface area contributed by atoms with Crippen LogP contribution in [0.2, 0.25) is 0 Å². The summed E-state index contributed by atoms with van der Waals surface area (Å²) >= 11 is -1.39. The van der Waals surface area contributed by atoms with Gasteiger partial charge in [0, 0.05) is 0 Å². The van der Waals surface area contributed by atoms with Crippen LogP contribution < -0.4 is 13.1 Å². The molecule has 0 atom stereocenters. The maximum atomic E-state index is 11.6. The maximum absolute atomic E-state index is 11.6. The molecule has 5 aromatic carbocycles. The van der Waals surface area contributed by atoms with E-state index >= 15 is 0 Å². The molecule has 0 aromatic heterocycles. The van der Waals surface area contributed by atoms with Crippen molar-refractivity contribution in [1.29, 1.82) is 0 Å². The predicted molar refractivity (Wildman–Crippen MR) is 160 cm³/mol. The molecule has 0 saturated carbocycles. The van der Waals surface area contributed by atoms with Crippen LogP contribution in [-0.4, -0.2) is 20.4 Å². The van der Waals surface area contributed by atoms with E-state index in [4.69, 9.17) is 0 Å². The molecule has 0 heterocycles. The van der Waals surface area contributed by atoms with Gasteiger partial charge < -0.3 is 0 Å². The van der Waals surface area contributed by atoms with Crippen molar-refractivity contribution >= 4 is 45.6 Å². The summed E-state index contributed by atoms with van der Waals surface area (Å²) in [4.78, 5) is 11.6. The average Bonchev–Trinajstić information content (AvgIpc) is 2.98. The average molecular weight is 541 g/mol. The molecule has 5 rings (SSSR count). The molecule has 0 N–H and O–H groups in total. The van der Waals surface area contributed by atoms with Crippen molar-refractivity contribution in [2.24, 2.45) is 0 Å². The van der Waals surface area contributed by atoms with Crippen molar-refractivity contribution in [3.05, 3.63) is 175 Å². The zero-order valence-corrected chi connectivity index (χ0v) is 22.5. The summed E-state index contributed by atoms with van der Waals surface area (Å²) in [6.07, 6.45) is 6.79. The standard InChI is InChI=1S/C18H15As.C17H14O/c1-4-10-16(11-5-1)19(17-12-6-2-7-13-17)18-14-8-3-9-15-18;18-17(13-11-15-7-3-1-4-8-15)14-12-16-9-5-2-6-10-16/h1-15H;1-14H. The molecule has 0 saturated heterocycles. The van der Waals surface area contributed by atoms with E-state index in [9.17, 15) is 4.79 Å². The molecular formula is C35H29AsO. The molecule has 0 fully saturated rings. The Kier molecular flexibility index (Phi) is 10.1. The van der Waals surface area contributed by atoms with E-state index < -0.39 is 14.7 Å². The second-order valence-corrected chi connectivity index (χ2v) is 12.9. The second kappa shape index (κ2) is 14.4. The van der Waals surface area contributed by atoms with E-state index in [2.05, 4.69) is 91.0 Å². The van der Waals surface area contributed by atoms with Crippen molar-refractivity contribution in [3.8, 4) is 0 Å². The van der Waals surface area contributed by atoms with Crippen LogP contribution in [0, 0.1) is 0 Å². The Morgan fingerprint density at radius 1 is 0.405 bits per heavy atom. The first-order valence-corrected chi connectivity index (χ1v) is 15.1. The van der Waals surface area contributed by atoms with Crippen LogP contribution >= 0.6 is 0 Å². The Morgan fingerprint density at radius 3 is 0.973 bits per heavy atom. The second-order valence-electron chi connectivity index (χ2n) is 8.23. The number of carbonyl (C=O) groups excluding carboxylic acids is 1. The first-order valence-electron chi connectivity index (χ1n) is 12.2. The van der Waals surface area contributed by atoms with E-state index in [1.54, 1.807) is 12.2 Å². The third-order valence-electron chi connectivity index (χ3n) is 5.52. The van der Waals surface area contributed by atoms with Gasteiger partial charge in [0.25, 0.3) is 0 Å². The molecule has 0 amide bonds. The minimum atomic E-state index is -1.39. The van der Waals surface area contributed by atoms with Crippen LogP contribution in [0.5, 0.6) is 0 Å². The summed E-state index contributed by atoms with van der Waals surface area (Å²) in [5.41, 5.74) is 2.05. The summed E-state index contributed by atoms with van der Waals surface area (Å²) in [7, 11) is 0. The molecule has 0 aliphatic carbocycles. The Hall–Kier alpha value is -4.19. The summed E-state index contributed by atoms with van der Waals surface area (Å²) in [5, 5.41) is 0. The van der Waals surface area contributed by atoms with Gasteiger partial charge in [0.1, 0.15) is 0 Å². The fourth-order valence-corrected chi connectivity index (χ4v) is 8.56. The van der Waals surface area contributed by atoms with Crippen molar-refractivity contribution in [2.75, 3.05) is 0 Å². The monoisotopic (exact) mass is 540 g/mol. The molecule has 0 spiro atoms. The summed E-state index contributed by atoms with van der Waals surface area (Å²) in [5.74, 6) is -0.0114. The Labute approximate surface area is 224 Å². The Balaban J connectivity index is 0.000000173. The van der Waals surface area contributed by atoms with Crippen molar-refractivity contribution in [3.63, 3.8) is 0 Å². The number of benzene rings is 5. The number of ketones is 1. The molecule has 2 heteroatoms. The fraction of sp³-hybridized carbons (Fsp3) is 0. The number of carbonyl (C=O) groups is 1. The summed E-state index contributed by atoms with van der Waals surface area (Å²) < 4.78 is 4.44. The van der Waals surface area contributed by atoms with E-state index in [0.717, 1.165) is 11.1 Å². The normalized spacial score (nSPS) is 10.8. The van der Waals surface area contributed by atoms with Crippen LogP contribution in [0.3, 0.4) is 0 Å². The van der Waals surface area contributed by atoms with Gasteiger partial charge in [-0.3, -0.25) is 4.79 Å². The quantitative estimate of drug-likeness (QED) is 0.178. The van der Waals surface area contributed by atoms with Gasteiger partial charge in [-0.1, -0.05) is 72.8 Å². The fourth-order valence-electron chi connectivity index (χ4n) is 3.72. The number of rotatable bonds is 7. The predicted octanol–water partition coefficient (Wildman–Crippen LogP) is 6.19. The number of hydrogen-bond donors (Lipinski definition) is 0. The third-order valence-corrected chi connectivity index (χ3v) is 10.6. The molecular weight excluding hydrogens is 511 g/mol. The van der Waals surface area contributed by atoms with Gasteiger partial charge in [0.05, 0.1) is 0 Å². The molecule has 1 nitrogen and oxygen atoms in total. The van der Waals surface area contributed by atoms with Crippen LogP contribution in [-0.2, 0) is 4.79 Å². The Bertz CT molecular complexity index is 1250. The van der Waals surface area contributed by atoms with Crippen LogP contribution in [0.15, 0.2) is 164 Å². The van der Waals surface area contributed by atoms with E-state index in [-0.39, 0.29) is 5.78 Å². The molecule has 0 bridgehead atoms. The first-order chi connectivity index (χ1) is 18.3. The number of hydrogen-bond acceptors (Lipinski definition) is 1. The minimum absolute atomic E-state index is 0.0114. The van der Waals surface area contributed by atoms with Gasteiger partial charge in [0.2, 0.25) is 0 Å². The molecule has 37 heavy (non-hydrogen) atoms. The van der Waals surface area contributed by atoms with Gasteiger partial charge in [-0.05, 0) is 23.3 Å². The topological polar surface area (TPSA) is 17.1 Å². The van der Waals surface area contributed by atoms with Gasteiger partial charge in [-0.25, -0.2) is 0 Å². The van der Waals surface area contributed by atoms with Gasteiger partial charge in [-0.2, -0.15) is 0 Å². The van der Waals surface area contributed by atoms with Gasteiger partial charge in [0.15, 0.2) is 5.78 Å². The number of allylic oxidation sites excluding steroid dienone is 2. The van der Waals surface area contributed by atoms with Crippen molar-refractivity contribution in [2.45, 2.75) is 0 Å². The van der Waals surface area contributed by atoms with Gasteiger partial charge in [-0.15, -0.1) is 0 Å². The third kappa shape index (κ3) is 8.46. The van der Waals surface area contributed by atoms with E-state index in [1.165, 1.54) is 13.1 Å². The molecule has 180 valence electrons. The van der Waals surface area contributed by atoms with Crippen molar-refractivity contribution < 1.29 is 4.79 Å². The summed E-state index contributed by atoms with van der Waals surface area (Å²) in [6, 6.07) is 52.3. The summed E-state index contributed by atoms with van der Waals surface area (Å²) in [6.45, 7) is 0. The van der Waals surface area contributed by atoms with E-state index in [1.807, 2.05) is 72.8 Å². The van der Waals surface area contributed by atoms with Crippen molar-refractivity contribution in [1.82, 2.24) is 0 Å².